The van der Waals surface area contributed by atoms with Crippen molar-refractivity contribution in [3.05, 3.63) is 46.6 Å². The Morgan fingerprint density at radius 1 is 1.26 bits per heavy atom. The van der Waals surface area contributed by atoms with Gasteiger partial charge < -0.3 is 15.3 Å². The van der Waals surface area contributed by atoms with Crippen LogP contribution in [0.1, 0.15) is 44.6 Å². The molecule has 2 aromatic heterocycles. The summed E-state index contributed by atoms with van der Waals surface area (Å²) in [6.07, 6.45) is 2.08. The maximum absolute atomic E-state index is 15.4. The second kappa shape index (κ2) is 8.72. The first kappa shape index (κ1) is 25.3. The van der Waals surface area contributed by atoms with Crippen LogP contribution < -0.4 is 10.6 Å². The standard InChI is InChI=1S/C25H30ClFN4O3Si/c1-13-16(15-9-14-10-19(28)29-12-17(14)20(26)21(15)27)11-30-22-18(34-35(5,6)25(2,3)4)7-8-31(23(13)22)24(32)33/h9-12,18H,7-8H2,1-6H3,(H2,28,29)(H,32,33). The maximum Gasteiger partial charge on any atom is 0.411 e. The van der Waals surface area contributed by atoms with E-state index in [1.165, 1.54) is 11.1 Å². The normalized spacial score (nSPS) is 16.5. The van der Waals surface area contributed by atoms with Gasteiger partial charge in [0, 0.05) is 35.5 Å². The first-order valence-electron chi connectivity index (χ1n) is 11.4. The molecule has 3 N–H and O–H groups in total. The minimum absolute atomic E-state index is 0.0201. The molecule has 0 bridgehead atoms. The van der Waals surface area contributed by atoms with E-state index < -0.39 is 20.2 Å². The summed E-state index contributed by atoms with van der Waals surface area (Å²) < 4.78 is 22.1. The van der Waals surface area contributed by atoms with E-state index in [9.17, 15) is 9.90 Å². The van der Waals surface area contributed by atoms with Gasteiger partial charge in [-0.25, -0.2) is 14.2 Å². The summed E-state index contributed by atoms with van der Waals surface area (Å²) in [5.41, 5.74) is 8.10. The number of benzene rings is 1. The van der Waals surface area contributed by atoms with Gasteiger partial charge in [-0.05, 0) is 54.6 Å². The topological polar surface area (TPSA) is 102 Å². The number of anilines is 2. The van der Waals surface area contributed by atoms with E-state index in [4.69, 9.17) is 21.8 Å². The minimum Gasteiger partial charge on any atom is -0.465 e. The fourth-order valence-corrected chi connectivity index (χ4v) is 5.79. The molecule has 35 heavy (non-hydrogen) atoms. The van der Waals surface area contributed by atoms with Gasteiger partial charge in [-0.2, -0.15) is 0 Å². The fraction of sp³-hybridized carbons (Fsp3) is 0.400. The molecule has 1 aromatic carbocycles. The molecule has 0 radical (unpaired) electrons. The molecular weight excluding hydrogens is 487 g/mol. The van der Waals surface area contributed by atoms with Crippen molar-refractivity contribution >= 4 is 48.3 Å². The second-order valence-electron chi connectivity index (χ2n) is 10.5. The van der Waals surface area contributed by atoms with Crippen LogP contribution in [0.25, 0.3) is 21.9 Å². The number of nitrogens with zero attached hydrogens (tertiary/aromatic N) is 3. The molecule has 1 atom stereocenters. The molecule has 0 fully saturated rings. The zero-order chi connectivity index (χ0) is 25.9. The van der Waals surface area contributed by atoms with Crippen LogP contribution in [-0.4, -0.2) is 36.0 Å². The van der Waals surface area contributed by atoms with Crippen molar-refractivity contribution < 1.29 is 18.7 Å². The average molecular weight is 517 g/mol. The zero-order valence-corrected chi connectivity index (χ0v) is 22.5. The molecule has 1 aliphatic heterocycles. The Morgan fingerprint density at radius 2 is 1.94 bits per heavy atom. The third-order valence-electron chi connectivity index (χ3n) is 7.21. The van der Waals surface area contributed by atoms with E-state index in [-0.39, 0.29) is 34.1 Å². The van der Waals surface area contributed by atoms with Crippen molar-refractivity contribution in [2.24, 2.45) is 0 Å². The molecule has 7 nitrogen and oxygen atoms in total. The van der Waals surface area contributed by atoms with Crippen molar-refractivity contribution in [3.8, 4) is 11.1 Å². The summed E-state index contributed by atoms with van der Waals surface area (Å²) in [6, 6.07) is 3.26. The van der Waals surface area contributed by atoms with Crippen LogP contribution in [0.2, 0.25) is 23.2 Å². The van der Waals surface area contributed by atoms with Crippen LogP contribution in [-0.2, 0) is 4.43 Å². The number of pyridine rings is 2. The van der Waals surface area contributed by atoms with Gasteiger partial charge in [-0.15, -0.1) is 0 Å². The Balaban J connectivity index is 1.90. The smallest absolute Gasteiger partial charge is 0.411 e. The van der Waals surface area contributed by atoms with Gasteiger partial charge in [0.25, 0.3) is 0 Å². The predicted octanol–water partition coefficient (Wildman–Crippen LogP) is 6.93. The van der Waals surface area contributed by atoms with Gasteiger partial charge in [0.05, 0.1) is 22.5 Å². The highest BCUT2D eigenvalue weighted by Crippen LogP contribution is 2.46. The van der Waals surface area contributed by atoms with E-state index >= 15 is 4.39 Å². The first-order valence-corrected chi connectivity index (χ1v) is 14.7. The number of carbonyl (C=O) groups is 1. The highest BCUT2D eigenvalue weighted by atomic mass is 35.5. The number of halogens is 2. The number of rotatable bonds is 3. The van der Waals surface area contributed by atoms with Crippen molar-refractivity contribution in [1.82, 2.24) is 9.97 Å². The third kappa shape index (κ3) is 4.37. The van der Waals surface area contributed by atoms with E-state index in [0.29, 0.717) is 39.7 Å². The van der Waals surface area contributed by atoms with E-state index in [0.717, 1.165) is 0 Å². The lowest BCUT2D eigenvalue weighted by atomic mass is 9.94. The maximum atomic E-state index is 15.4. The van der Waals surface area contributed by atoms with Gasteiger partial charge >= 0.3 is 6.09 Å². The van der Waals surface area contributed by atoms with Gasteiger partial charge in [0.1, 0.15) is 11.6 Å². The zero-order valence-electron chi connectivity index (χ0n) is 20.7. The summed E-state index contributed by atoms with van der Waals surface area (Å²) in [4.78, 5) is 22.1. The molecule has 10 heteroatoms. The Kier molecular flexibility index (Phi) is 6.32. The van der Waals surface area contributed by atoms with Gasteiger partial charge in [0.2, 0.25) is 0 Å². The SMILES string of the molecule is Cc1c(-c2cc3cc(N)ncc3c(Cl)c2F)cnc2c1N(C(=O)O)CCC2O[Si](C)(C)C(C)(C)C. The molecule has 1 amide bonds. The van der Waals surface area contributed by atoms with Crippen molar-refractivity contribution in [2.75, 3.05) is 17.2 Å². The van der Waals surface area contributed by atoms with Gasteiger partial charge in [-0.3, -0.25) is 9.88 Å². The molecule has 1 unspecified atom stereocenters. The van der Waals surface area contributed by atoms with Gasteiger partial charge in [0.15, 0.2) is 8.32 Å². The molecular formula is C25H30ClFN4O3Si. The Labute approximate surface area is 210 Å². The van der Waals surface area contributed by atoms with Crippen LogP contribution in [0.15, 0.2) is 24.5 Å². The number of hydrogen-bond acceptors (Lipinski definition) is 5. The lowest BCUT2D eigenvalue weighted by Crippen LogP contribution is -2.45. The van der Waals surface area contributed by atoms with Crippen molar-refractivity contribution in [1.29, 1.82) is 0 Å². The molecule has 0 spiro atoms. The van der Waals surface area contributed by atoms with Crippen LogP contribution in [0.5, 0.6) is 0 Å². The molecule has 1 aliphatic rings. The van der Waals surface area contributed by atoms with Crippen LogP contribution in [0.3, 0.4) is 0 Å². The number of hydrogen-bond donors (Lipinski definition) is 2. The van der Waals surface area contributed by atoms with E-state index in [1.54, 1.807) is 25.3 Å². The van der Waals surface area contributed by atoms with Gasteiger partial charge in [-0.1, -0.05) is 32.4 Å². The second-order valence-corrected chi connectivity index (χ2v) is 15.6. The number of nitrogen functional groups attached to an aromatic ring is 1. The third-order valence-corrected chi connectivity index (χ3v) is 12.1. The number of fused-ring (bicyclic) bond motifs is 2. The van der Waals surface area contributed by atoms with Crippen LogP contribution in [0.4, 0.5) is 20.7 Å². The first-order chi connectivity index (χ1) is 16.2. The molecule has 4 rings (SSSR count). The number of amides is 1. The molecule has 186 valence electrons. The minimum atomic E-state index is -2.16. The summed E-state index contributed by atoms with van der Waals surface area (Å²) in [6.45, 7) is 12.8. The quantitative estimate of drug-likeness (QED) is 0.366. The Hall–Kier alpha value is -2.75. The lowest BCUT2D eigenvalue weighted by molar-refractivity contribution is 0.161. The van der Waals surface area contributed by atoms with Crippen molar-refractivity contribution in [2.45, 2.75) is 58.4 Å². The lowest BCUT2D eigenvalue weighted by Gasteiger charge is -2.42. The molecule has 0 saturated carbocycles. The van der Waals surface area contributed by atoms with Crippen molar-refractivity contribution in [3.63, 3.8) is 0 Å². The number of nitrogens with two attached hydrogens (primary N) is 1. The predicted molar refractivity (Wildman–Crippen MR) is 140 cm³/mol. The molecule has 3 heterocycles. The number of aromatic nitrogens is 2. The summed E-state index contributed by atoms with van der Waals surface area (Å²) in [7, 11) is -2.16. The summed E-state index contributed by atoms with van der Waals surface area (Å²) in [5, 5.41) is 10.9. The van der Waals surface area contributed by atoms with E-state index in [1.807, 2.05) is 0 Å². The molecule has 0 aliphatic carbocycles. The average Bonchev–Trinajstić information content (AvgIpc) is 2.75. The van der Waals surface area contributed by atoms with Crippen LogP contribution in [0, 0.1) is 12.7 Å². The largest absolute Gasteiger partial charge is 0.465 e. The van der Waals surface area contributed by atoms with Crippen LogP contribution >= 0.6 is 11.6 Å². The fourth-order valence-electron chi connectivity index (χ4n) is 4.24. The monoisotopic (exact) mass is 516 g/mol. The number of carboxylic acid groups (broad SMARTS) is 1. The Morgan fingerprint density at radius 3 is 2.57 bits per heavy atom. The molecule has 0 saturated heterocycles. The highest BCUT2D eigenvalue weighted by Gasteiger charge is 2.42. The highest BCUT2D eigenvalue weighted by molar-refractivity contribution is 6.74. The molecule has 3 aromatic rings. The summed E-state index contributed by atoms with van der Waals surface area (Å²) >= 11 is 6.35. The van der Waals surface area contributed by atoms with E-state index in [2.05, 4.69) is 43.8 Å². The summed E-state index contributed by atoms with van der Waals surface area (Å²) in [5.74, 6) is -0.337. The Bertz CT molecular complexity index is 1340.